The largest absolute Gasteiger partial charge is 0.455 e. The Bertz CT molecular complexity index is 8470. The number of halogens is 1. The number of para-hydroxylation sites is 4. The molecular formula is C134H91BrN2O2. The van der Waals surface area contributed by atoms with Gasteiger partial charge in [-0.25, -0.2) is 0 Å². The zero-order valence-corrected chi connectivity index (χ0v) is 77.7. The van der Waals surface area contributed by atoms with Gasteiger partial charge in [0.05, 0.1) is 10.8 Å². The van der Waals surface area contributed by atoms with Crippen molar-refractivity contribution in [3.63, 3.8) is 0 Å². The predicted octanol–water partition coefficient (Wildman–Crippen LogP) is 36.9. The van der Waals surface area contributed by atoms with Crippen LogP contribution in [0.15, 0.2) is 559 Å². The van der Waals surface area contributed by atoms with Gasteiger partial charge in [0.1, 0.15) is 22.3 Å². The van der Waals surface area contributed by atoms with Gasteiger partial charge in [0.15, 0.2) is 0 Å². The van der Waals surface area contributed by atoms with Gasteiger partial charge in [0.25, 0.3) is 0 Å². The number of hydrogen-bond acceptors (Lipinski definition) is 4. The molecular weight excluding hydrogens is 1750 g/mol. The number of hydrogen-bond donors (Lipinski definition) is 1. The smallest absolute Gasteiger partial charge is 0.143 e. The predicted molar refractivity (Wildman–Crippen MR) is 584 cm³/mol. The molecule has 0 saturated heterocycles. The standard InChI is InChI=1S/C67H45NO.C36H25NO.C31H21Br/c1-4-16-46(17-5-1)47-30-32-48(33-31-47)49-34-40-54(41-35-49)68(56-44-38-51(39-45-56)58-25-14-26-60-59-22-11-13-29-64(59)69-66(58)60)55-42-36-50(37-43-55)57-24-15-28-63-65(57)61-23-10-12-27-62(61)67(63,52-18-6-2-7-19-52)53-20-8-3-9-21-53;1-2-7-25(8-3-1)26-13-15-27(16-14-26)28-17-21-30(22-18-28)37-31-23-19-29(20-24-31)32-10-6-11-34-33-9-4-5-12-35(33)38-36(32)34;32-25-20-18-22(19-21-25)26-15-9-17-29-30(26)27-14-7-8-16-28(27)31(29,23-10-3-1-4-11-23)24-12-5-2-6-13-24/h1-45H;1-24,37H;1-21H. The summed E-state index contributed by atoms with van der Waals surface area (Å²) in [5, 5.41) is 8.09. The van der Waals surface area contributed by atoms with E-state index in [0.717, 1.165) is 99.0 Å². The minimum Gasteiger partial charge on any atom is -0.455 e. The topological polar surface area (TPSA) is 41.6 Å². The van der Waals surface area contributed by atoms with Crippen LogP contribution >= 0.6 is 15.9 Å². The van der Waals surface area contributed by atoms with Gasteiger partial charge in [-0.1, -0.05) is 477 Å². The fraction of sp³-hybridized carbons (Fsp3) is 0.0149. The zero-order valence-electron chi connectivity index (χ0n) is 76.1. The number of furan rings is 2. The summed E-state index contributed by atoms with van der Waals surface area (Å²) >= 11 is 3.59. The molecule has 2 heterocycles. The molecule has 2 aromatic heterocycles. The lowest BCUT2D eigenvalue weighted by Gasteiger charge is -2.34. The highest BCUT2D eigenvalue weighted by Gasteiger charge is 2.48. The molecule has 0 amide bonds. The minimum absolute atomic E-state index is 0.347. The van der Waals surface area contributed by atoms with Crippen LogP contribution in [0.5, 0.6) is 0 Å². The first-order valence-corrected chi connectivity index (χ1v) is 48.3. The summed E-state index contributed by atoms with van der Waals surface area (Å²) in [6.07, 6.45) is 0. The molecule has 0 radical (unpaired) electrons. The van der Waals surface area contributed by atoms with Crippen LogP contribution < -0.4 is 10.2 Å². The molecule has 24 aromatic rings. The lowest BCUT2D eigenvalue weighted by Crippen LogP contribution is -2.28. The Labute approximate surface area is 818 Å². The minimum atomic E-state index is -0.459. The van der Waals surface area contributed by atoms with E-state index in [4.69, 9.17) is 8.83 Å². The highest BCUT2D eigenvalue weighted by Crippen LogP contribution is 2.61. The fourth-order valence-corrected chi connectivity index (χ4v) is 21.8. The molecule has 26 rings (SSSR count). The first kappa shape index (κ1) is 84.5. The van der Waals surface area contributed by atoms with E-state index in [1.54, 1.807) is 0 Å². The van der Waals surface area contributed by atoms with E-state index >= 15 is 0 Å². The normalized spacial score (nSPS) is 12.3. The fourth-order valence-electron chi connectivity index (χ4n) is 21.5. The molecule has 0 fully saturated rings. The zero-order chi connectivity index (χ0) is 92.6. The van der Waals surface area contributed by atoms with Gasteiger partial charge in [-0.15, -0.1) is 0 Å². The molecule has 0 saturated carbocycles. The summed E-state index contributed by atoms with van der Waals surface area (Å²) in [6.45, 7) is 0. The van der Waals surface area contributed by atoms with Crippen LogP contribution in [0, 0.1) is 0 Å². The molecule has 22 aromatic carbocycles. The van der Waals surface area contributed by atoms with Crippen molar-refractivity contribution in [3.05, 3.63) is 595 Å². The second-order valence-electron chi connectivity index (χ2n) is 35.7. The number of rotatable bonds is 17. The summed E-state index contributed by atoms with van der Waals surface area (Å²) in [5.74, 6) is 0. The van der Waals surface area contributed by atoms with Gasteiger partial charge in [0.2, 0.25) is 0 Å². The second-order valence-corrected chi connectivity index (χ2v) is 36.6. The first-order valence-electron chi connectivity index (χ1n) is 47.5. The number of nitrogens with one attached hydrogen (secondary N) is 1. The van der Waals surface area contributed by atoms with Gasteiger partial charge in [-0.05, 0) is 230 Å². The third-order valence-corrected chi connectivity index (χ3v) is 28.5. The number of nitrogens with zero attached hydrogens (tertiary/aromatic N) is 1. The molecule has 0 atom stereocenters. The monoisotopic (exact) mass is 1840 g/mol. The van der Waals surface area contributed by atoms with E-state index in [0.29, 0.717) is 0 Å². The SMILES string of the molecule is Brc1ccc(-c2cccc3c2-c2ccccc2C3(c2ccccc2)c2ccccc2)cc1.c1ccc(-c2ccc(-c3ccc(N(c4ccc(-c5cccc6c5-c5ccccc5C6(c5ccccc5)c5ccccc5)cc4)c4ccc(-c5cccc6c5oc5ccccc56)cc4)cc3)cc2)cc1.c1ccc(-c2ccc(-c3ccc(Nc4ccc(-c5cccc6c5oc5ccccc56)cc4)cc3)cc2)cc1. The molecule has 1 N–H and O–H groups in total. The lowest BCUT2D eigenvalue weighted by molar-refractivity contribution is 0.669. The van der Waals surface area contributed by atoms with E-state index in [1.165, 1.54) is 134 Å². The Hall–Kier alpha value is -17.5. The van der Waals surface area contributed by atoms with Crippen molar-refractivity contribution in [2.45, 2.75) is 10.8 Å². The quantitative estimate of drug-likeness (QED) is 0.0986. The van der Waals surface area contributed by atoms with E-state index < -0.39 is 5.41 Å². The van der Waals surface area contributed by atoms with E-state index in [-0.39, 0.29) is 5.41 Å². The number of benzene rings is 22. The average molecular weight is 1840 g/mol. The van der Waals surface area contributed by atoms with Crippen molar-refractivity contribution < 1.29 is 8.83 Å². The van der Waals surface area contributed by atoms with Crippen molar-refractivity contribution in [1.82, 2.24) is 0 Å². The van der Waals surface area contributed by atoms with Gasteiger partial charge < -0.3 is 19.1 Å². The Morgan fingerprint density at radius 3 is 0.777 bits per heavy atom. The maximum Gasteiger partial charge on any atom is 0.143 e. The Balaban J connectivity index is 0.000000126. The van der Waals surface area contributed by atoms with E-state index in [9.17, 15) is 0 Å². The molecule has 139 heavy (non-hydrogen) atoms. The van der Waals surface area contributed by atoms with Crippen LogP contribution in [0.25, 0.3) is 155 Å². The van der Waals surface area contributed by atoms with Crippen molar-refractivity contribution >= 4 is 88.2 Å². The number of anilines is 5. The van der Waals surface area contributed by atoms with Crippen molar-refractivity contribution in [2.24, 2.45) is 0 Å². The summed E-state index contributed by atoms with van der Waals surface area (Å²) in [5.41, 5.74) is 42.8. The Morgan fingerprint density at radius 1 is 0.180 bits per heavy atom. The van der Waals surface area contributed by atoms with Crippen molar-refractivity contribution in [1.29, 1.82) is 0 Å². The van der Waals surface area contributed by atoms with Crippen LogP contribution in [0.1, 0.15) is 44.5 Å². The van der Waals surface area contributed by atoms with Crippen LogP contribution in [0.3, 0.4) is 0 Å². The van der Waals surface area contributed by atoms with Gasteiger partial charge in [-0.3, -0.25) is 0 Å². The van der Waals surface area contributed by atoms with E-state index in [2.05, 4.69) is 542 Å². The van der Waals surface area contributed by atoms with Crippen LogP contribution in [0.4, 0.5) is 28.4 Å². The first-order chi connectivity index (χ1) is 68.8. The van der Waals surface area contributed by atoms with Crippen LogP contribution in [-0.4, -0.2) is 0 Å². The Kier molecular flexibility index (Phi) is 22.3. The highest BCUT2D eigenvalue weighted by atomic mass is 79.9. The summed E-state index contributed by atoms with van der Waals surface area (Å²) < 4.78 is 13.8. The maximum atomic E-state index is 6.47. The molecule has 4 nitrogen and oxygen atoms in total. The molecule has 0 unspecified atom stereocenters. The van der Waals surface area contributed by atoms with Crippen molar-refractivity contribution in [2.75, 3.05) is 10.2 Å². The summed E-state index contributed by atoms with van der Waals surface area (Å²) in [6, 6.07) is 196. The second kappa shape index (κ2) is 36.7. The summed E-state index contributed by atoms with van der Waals surface area (Å²) in [7, 11) is 0. The van der Waals surface area contributed by atoms with Crippen molar-refractivity contribution in [3.8, 4) is 111 Å². The maximum absolute atomic E-state index is 6.47. The molecule has 2 aliphatic rings. The molecule has 656 valence electrons. The average Bonchev–Trinajstić information content (AvgIpc) is 1.54. The third kappa shape index (κ3) is 15.5. The third-order valence-electron chi connectivity index (χ3n) is 27.9. The van der Waals surface area contributed by atoms with Crippen LogP contribution in [0.2, 0.25) is 0 Å². The molecule has 0 spiro atoms. The van der Waals surface area contributed by atoms with Gasteiger partial charge in [-0.2, -0.15) is 0 Å². The molecule has 0 aliphatic heterocycles. The van der Waals surface area contributed by atoms with Gasteiger partial charge in [0, 0.05) is 65.6 Å². The highest BCUT2D eigenvalue weighted by molar-refractivity contribution is 9.10. The lowest BCUT2D eigenvalue weighted by atomic mass is 9.67. The number of fused-ring (bicyclic) bond motifs is 12. The van der Waals surface area contributed by atoms with E-state index in [1.807, 2.05) is 30.3 Å². The molecule has 2 aliphatic carbocycles. The molecule has 5 heteroatoms. The summed E-state index contributed by atoms with van der Waals surface area (Å²) in [4.78, 5) is 2.36. The Morgan fingerprint density at radius 2 is 0.417 bits per heavy atom. The van der Waals surface area contributed by atoms with Gasteiger partial charge >= 0.3 is 0 Å². The molecule has 0 bridgehead atoms. The van der Waals surface area contributed by atoms with Crippen LogP contribution in [-0.2, 0) is 10.8 Å².